The summed E-state index contributed by atoms with van der Waals surface area (Å²) in [6.07, 6.45) is 0. The number of aryl methyl sites for hydroxylation is 1. The van der Waals surface area contributed by atoms with E-state index in [-0.39, 0.29) is 11.4 Å². The van der Waals surface area contributed by atoms with Gasteiger partial charge in [-0.15, -0.1) is 0 Å². The zero-order chi connectivity index (χ0) is 21.5. The van der Waals surface area contributed by atoms with Gasteiger partial charge in [0.2, 0.25) is 0 Å². The molecule has 0 heterocycles. The van der Waals surface area contributed by atoms with Gasteiger partial charge in [-0.1, -0.05) is 60.2 Å². The van der Waals surface area contributed by atoms with Crippen LogP contribution in [0.1, 0.15) is 27.8 Å². The molecule has 0 fully saturated rings. The Balaban J connectivity index is 1.86. The van der Waals surface area contributed by atoms with Gasteiger partial charge in [0.05, 0.1) is 12.0 Å². The van der Waals surface area contributed by atoms with Gasteiger partial charge >= 0.3 is 5.69 Å². The highest BCUT2D eigenvalue weighted by Crippen LogP contribution is 2.28. The molecule has 6 nitrogen and oxygen atoms in total. The molecule has 3 aromatic rings. The van der Waals surface area contributed by atoms with Crippen molar-refractivity contribution in [2.24, 2.45) is 5.73 Å². The smallest absolute Gasteiger partial charge is 0.311 e. The van der Waals surface area contributed by atoms with Crippen LogP contribution in [0.4, 0.5) is 5.69 Å². The molecule has 0 saturated heterocycles. The van der Waals surface area contributed by atoms with E-state index in [2.05, 4.69) is 48.2 Å². The Morgan fingerprint density at radius 1 is 0.900 bits per heavy atom. The van der Waals surface area contributed by atoms with Gasteiger partial charge < -0.3 is 10.5 Å². The third-order valence-corrected chi connectivity index (χ3v) is 5.00. The van der Waals surface area contributed by atoms with Gasteiger partial charge in [-0.3, -0.25) is 15.0 Å². The summed E-state index contributed by atoms with van der Waals surface area (Å²) in [6.45, 7) is 4.63. The molecule has 0 saturated carbocycles. The van der Waals surface area contributed by atoms with Gasteiger partial charge in [0, 0.05) is 32.2 Å². The van der Waals surface area contributed by atoms with Crippen molar-refractivity contribution in [2.45, 2.75) is 33.1 Å². The maximum atomic E-state index is 11.4. The topological polar surface area (TPSA) is 81.6 Å². The van der Waals surface area contributed by atoms with Gasteiger partial charge in [-0.05, 0) is 35.2 Å². The lowest BCUT2D eigenvalue weighted by atomic mass is 10.1. The van der Waals surface area contributed by atoms with Crippen molar-refractivity contribution in [3.8, 4) is 5.75 Å². The summed E-state index contributed by atoms with van der Waals surface area (Å²) in [7, 11) is 1.44. The van der Waals surface area contributed by atoms with E-state index in [4.69, 9.17) is 10.5 Å². The van der Waals surface area contributed by atoms with E-state index in [0.29, 0.717) is 13.1 Å². The number of rotatable bonds is 9. The van der Waals surface area contributed by atoms with Gasteiger partial charge in [0.1, 0.15) is 0 Å². The fraction of sp³-hybridized carbons (Fsp3) is 0.250. The zero-order valence-corrected chi connectivity index (χ0v) is 17.4. The summed E-state index contributed by atoms with van der Waals surface area (Å²) in [5.74, 6) is 0.270. The van der Waals surface area contributed by atoms with Gasteiger partial charge in [0.15, 0.2) is 5.75 Å². The fourth-order valence-corrected chi connectivity index (χ4v) is 3.51. The maximum absolute atomic E-state index is 11.4. The second-order valence-corrected chi connectivity index (χ2v) is 7.42. The van der Waals surface area contributed by atoms with Crippen molar-refractivity contribution in [1.82, 2.24) is 4.90 Å². The van der Waals surface area contributed by atoms with Crippen LogP contribution in [0.2, 0.25) is 0 Å². The van der Waals surface area contributed by atoms with Crippen LogP contribution in [-0.4, -0.2) is 16.9 Å². The van der Waals surface area contributed by atoms with Crippen molar-refractivity contribution >= 4 is 5.69 Å². The van der Waals surface area contributed by atoms with Crippen molar-refractivity contribution in [1.29, 1.82) is 0 Å². The van der Waals surface area contributed by atoms with E-state index in [9.17, 15) is 10.1 Å². The highest BCUT2D eigenvalue weighted by atomic mass is 16.6. The van der Waals surface area contributed by atoms with E-state index in [0.717, 1.165) is 24.2 Å². The lowest BCUT2D eigenvalue weighted by Crippen LogP contribution is -2.22. The number of hydrogen-bond acceptors (Lipinski definition) is 5. The molecule has 0 bridgehead atoms. The van der Waals surface area contributed by atoms with Crippen LogP contribution in [0.15, 0.2) is 66.7 Å². The van der Waals surface area contributed by atoms with Crippen LogP contribution in [0.3, 0.4) is 0 Å². The Labute approximate surface area is 177 Å². The highest BCUT2D eigenvalue weighted by molar-refractivity contribution is 5.48. The Hall–Kier alpha value is -3.22. The minimum absolute atomic E-state index is 0.0159. The number of nitro groups is 1. The predicted molar refractivity (Wildman–Crippen MR) is 118 cm³/mol. The monoisotopic (exact) mass is 405 g/mol. The minimum atomic E-state index is -0.404. The lowest BCUT2D eigenvalue weighted by Gasteiger charge is -2.23. The third-order valence-electron chi connectivity index (χ3n) is 5.00. The molecule has 0 aromatic heterocycles. The van der Waals surface area contributed by atoms with E-state index >= 15 is 0 Å². The summed E-state index contributed by atoms with van der Waals surface area (Å²) in [5, 5.41) is 11.4. The van der Waals surface area contributed by atoms with Gasteiger partial charge in [-0.25, -0.2) is 0 Å². The molecular formula is C24H27N3O3. The Bertz CT molecular complexity index is 1000. The van der Waals surface area contributed by atoms with Crippen molar-refractivity contribution < 1.29 is 9.66 Å². The molecule has 30 heavy (non-hydrogen) atoms. The molecule has 2 N–H and O–H groups in total. The van der Waals surface area contributed by atoms with Crippen LogP contribution in [0.5, 0.6) is 5.75 Å². The van der Waals surface area contributed by atoms with Crippen LogP contribution in [-0.2, 0) is 26.2 Å². The summed E-state index contributed by atoms with van der Waals surface area (Å²) < 4.78 is 5.13. The first kappa shape index (κ1) is 21.5. The van der Waals surface area contributed by atoms with Crippen LogP contribution in [0, 0.1) is 17.0 Å². The Morgan fingerprint density at radius 3 is 2.10 bits per heavy atom. The number of nitrogens with two attached hydrogens (primary N) is 1. The molecule has 156 valence electrons. The minimum Gasteiger partial charge on any atom is -0.490 e. The Morgan fingerprint density at radius 2 is 1.50 bits per heavy atom. The van der Waals surface area contributed by atoms with Crippen molar-refractivity contribution in [2.75, 3.05) is 7.11 Å². The number of benzene rings is 3. The molecule has 3 rings (SSSR count). The molecule has 6 heteroatoms. The highest BCUT2D eigenvalue weighted by Gasteiger charge is 2.17. The van der Waals surface area contributed by atoms with E-state index in [1.807, 2.05) is 18.2 Å². The van der Waals surface area contributed by atoms with Crippen molar-refractivity contribution in [3.63, 3.8) is 0 Å². The average Bonchev–Trinajstić information content (AvgIpc) is 2.74. The average molecular weight is 405 g/mol. The normalized spacial score (nSPS) is 10.9. The lowest BCUT2D eigenvalue weighted by molar-refractivity contribution is -0.385. The second-order valence-electron chi connectivity index (χ2n) is 7.42. The Kier molecular flexibility index (Phi) is 7.17. The zero-order valence-electron chi connectivity index (χ0n) is 17.4. The van der Waals surface area contributed by atoms with Crippen molar-refractivity contribution in [3.05, 3.63) is 105 Å². The molecule has 0 unspecified atom stereocenters. The molecule has 0 aliphatic carbocycles. The van der Waals surface area contributed by atoms with Crippen LogP contribution < -0.4 is 10.5 Å². The molecule has 0 radical (unpaired) electrons. The van der Waals surface area contributed by atoms with E-state index in [1.54, 1.807) is 12.1 Å². The molecule has 0 amide bonds. The first-order valence-electron chi connectivity index (χ1n) is 9.85. The molecular weight excluding hydrogens is 378 g/mol. The SMILES string of the molecule is COc1ccc(CN(Cc2ccc(CN)cc2)Cc2cccc(C)c2)cc1[N+](=O)[O-]. The number of methoxy groups -OCH3 is 1. The largest absolute Gasteiger partial charge is 0.490 e. The molecule has 3 aromatic carbocycles. The summed E-state index contributed by atoms with van der Waals surface area (Å²) in [4.78, 5) is 13.3. The molecule has 0 spiro atoms. The van der Waals surface area contributed by atoms with E-state index in [1.165, 1.54) is 23.8 Å². The number of ether oxygens (including phenoxy) is 1. The summed E-state index contributed by atoms with van der Waals surface area (Å²) in [6, 6.07) is 21.8. The van der Waals surface area contributed by atoms with Gasteiger partial charge in [0.25, 0.3) is 0 Å². The number of nitrogens with zero attached hydrogens (tertiary/aromatic N) is 2. The molecule has 0 aliphatic heterocycles. The molecule has 0 aliphatic rings. The van der Waals surface area contributed by atoms with Crippen LogP contribution >= 0.6 is 0 Å². The number of nitro benzene ring substituents is 1. The fourth-order valence-electron chi connectivity index (χ4n) is 3.51. The maximum Gasteiger partial charge on any atom is 0.311 e. The summed E-state index contributed by atoms with van der Waals surface area (Å²) in [5.41, 5.74) is 11.2. The first-order chi connectivity index (χ1) is 14.5. The third kappa shape index (κ3) is 5.65. The predicted octanol–water partition coefficient (Wildman–Crippen LogP) is 4.57. The second kappa shape index (κ2) is 10.0. The van der Waals surface area contributed by atoms with Gasteiger partial charge in [-0.2, -0.15) is 0 Å². The van der Waals surface area contributed by atoms with E-state index < -0.39 is 4.92 Å². The number of hydrogen-bond donors (Lipinski definition) is 1. The van der Waals surface area contributed by atoms with Crippen LogP contribution in [0.25, 0.3) is 0 Å². The molecule has 0 atom stereocenters. The quantitative estimate of drug-likeness (QED) is 0.416. The summed E-state index contributed by atoms with van der Waals surface area (Å²) >= 11 is 0. The first-order valence-corrected chi connectivity index (χ1v) is 9.85. The standard InChI is InChI=1S/C24H27N3O3/c1-18-4-3-5-21(12-18)16-26(15-20-8-6-19(14-25)7-9-20)17-22-10-11-24(30-2)23(13-22)27(28)29/h3-13H,14-17,25H2,1-2H3.